The van der Waals surface area contributed by atoms with Gasteiger partial charge in [-0.25, -0.2) is 4.98 Å². The van der Waals surface area contributed by atoms with E-state index in [0.717, 1.165) is 16.7 Å². The zero-order valence-corrected chi connectivity index (χ0v) is 12.2. The predicted octanol–water partition coefficient (Wildman–Crippen LogP) is 2.54. The Morgan fingerprint density at radius 3 is 2.71 bits per heavy atom. The predicted molar refractivity (Wildman–Crippen MR) is 85.0 cm³/mol. The van der Waals surface area contributed by atoms with Gasteiger partial charge in [0.25, 0.3) is 5.69 Å². The molecule has 0 bridgehead atoms. The van der Waals surface area contributed by atoms with Gasteiger partial charge in [0.1, 0.15) is 6.33 Å². The van der Waals surface area contributed by atoms with Gasteiger partial charge in [0.15, 0.2) is 18.0 Å². The quantitative estimate of drug-likeness (QED) is 0.453. The van der Waals surface area contributed by atoms with Crippen LogP contribution >= 0.6 is 0 Å². The Labute approximate surface area is 134 Å². The molecule has 2 N–H and O–H groups in total. The summed E-state index contributed by atoms with van der Waals surface area (Å²) >= 11 is 0. The van der Waals surface area contributed by atoms with Crippen molar-refractivity contribution in [3.8, 4) is 22.5 Å². The number of rotatable bonds is 3. The van der Waals surface area contributed by atoms with Gasteiger partial charge in [0.05, 0.1) is 16.6 Å². The Kier molecular flexibility index (Phi) is 2.98. The van der Waals surface area contributed by atoms with Gasteiger partial charge in [-0.3, -0.25) is 10.1 Å². The first-order valence-electron chi connectivity index (χ1n) is 6.90. The summed E-state index contributed by atoms with van der Waals surface area (Å²) in [6.45, 7) is 0. The van der Waals surface area contributed by atoms with Crippen LogP contribution in [0.1, 0.15) is 0 Å². The summed E-state index contributed by atoms with van der Waals surface area (Å²) in [6.07, 6.45) is 6.25. The molecular weight excluding hydrogens is 312 g/mol. The van der Waals surface area contributed by atoms with E-state index in [0.29, 0.717) is 11.3 Å². The van der Waals surface area contributed by atoms with Crippen molar-refractivity contribution in [2.24, 2.45) is 0 Å². The number of benzene rings is 1. The lowest BCUT2D eigenvalue weighted by molar-refractivity contribution is -0.384. The second-order valence-electron chi connectivity index (χ2n) is 5.06. The fourth-order valence-electron chi connectivity index (χ4n) is 2.64. The van der Waals surface area contributed by atoms with Crippen molar-refractivity contribution in [2.45, 2.75) is 0 Å². The number of nitrogens with two attached hydrogens (primary N) is 1. The number of fused-ring (bicyclic) bond motifs is 1. The molecule has 0 aliphatic carbocycles. The third kappa shape index (κ3) is 2.07. The van der Waals surface area contributed by atoms with Crippen molar-refractivity contribution in [3.05, 3.63) is 59.5 Å². The molecule has 9 heteroatoms. The second kappa shape index (κ2) is 5.16. The third-order valence-electron chi connectivity index (χ3n) is 3.68. The van der Waals surface area contributed by atoms with Crippen LogP contribution in [0.3, 0.4) is 0 Å². The van der Waals surface area contributed by atoms with Crippen LogP contribution in [0.15, 0.2) is 53.8 Å². The van der Waals surface area contributed by atoms with Crippen molar-refractivity contribution in [2.75, 3.05) is 5.73 Å². The molecule has 0 saturated heterocycles. The Bertz CT molecular complexity index is 1040. The number of anilines is 1. The molecule has 0 fully saturated rings. The molecule has 3 heterocycles. The van der Waals surface area contributed by atoms with Gasteiger partial charge in [-0.2, -0.15) is 0 Å². The maximum absolute atomic E-state index is 10.9. The molecule has 0 radical (unpaired) electrons. The topological polar surface area (TPSA) is 125 Å². The zero-order valence-electron chi connectivity index (χ0n) is 12.2. The Morgan fingerprint density at radius 1 is 1.25 bits per heavy atom. The van der Waals surface area contributed by atoms with E-state index in [1.807, 2.05) is 0 Å². The van der Waals surface area contributed by atoms with E-state index in [1.54, 1.807) is 28.9 Å². The van der Waals surface area contributed by atoms with Crippen molar-refractivity contribution < 1.29 is 9.34 Å². The molecule has 0 amide bonds. The van der Waals surface area contributed by atoms with Crippen molar-refractivity contribution in [3.63, 3.8) is 0 Å². The molecule has 9 nitrogen and oxygen atoms in total. The maximum atomic E-state index is 10.9. The lowest BCUT2D eigenvalue weighted by atomic mass is 10.0. The summed E-state index contributed by atoms with van der Waals surface area (Å²) in [6, 6.07) is 6.20. The standard InChI is InChI=1S/C15H10N6O3/c16-15-14-13(9-1-3-10(4-2-9)21(22)23)11(12-5-17-8-24-12)6-20(14)7-18-19-15/h1-8H,(H2,16,19). The number of aromatic nitrogens is 4. The minimum atomic E-state index is -0.446. The molecule has 4 aromatic rings. The van der Waals surface area contributed by atoms with E-state index in [9.17, 15) is 10.1 Å². The lowest BCUT2D eigenvalue weighted by Crippen LogP contribution is -1.98. The van der Waals surface area contributed by atoms with Gasteiger partial charge >= 0.3 is 0 Å². The van der Waals surface area contributed by atoms with Crippen LogP contribution in [0, 0.1) is 10.1 Å². The highest BCUT2D eigenvalue weighted by Crippen LogP contribution is 2.38. The molecule has 0 saturated carbocycles. The van der Waals surface area contributed by atoms with E-state index >= 15 is 0 Å². The van der Waals surface area contributed by atoms with Gasteiger partial charge in [-0.1, -0.05) is 0 Å². The van der Waals surface area contributed by atoms with Crippen LogP contribution in [-0.2, 0) is 0 Å². The minimum absolute atomic E-state index is 0.0104. The number of non-ortho nitro benzene ring substituents is 1. The van der Waals surface area contributed by atoms with E-state index < -0.39 is 4.92 Å². The highest BCUT2D eigenvalue weighted by Gasteiger charge is 2.20. The fourth-order valence-corrected chi connectivity index (χ4v) is 2.64. The summed E-state index contributed by atoms with van der Waals surface area (Å²) in [5.74, 6) is 0.795. The molecule has 4 rings (SSSR count). The molecule has 0 unspecified atom stereocenters. The van der Waals surface area contributed by atoms with E-state index in [4.69, 9.17) is 10.2 Å². The molecule has 3 aromatic heterocycles. The van der Waals surface area contributed by atoms with E-state index in [1.165, 1.54) is 24.9 Å². The first-order valence-corrected chi connectivity index (χ1v) is 6.90. The Morgan fingerprint density at radius 2 is 2.04 bits per heavy atom. The summed E-state index contributed by atoms with van der Waals surface area (Å²) in [4.78, 5) is 14.3. The van der Waals surface area contributed by atoms with Crippen LogP contribution in [-0.4, -0.2) is 24.5 Å². The van der Waals surface area contributed by atoms with Crippen molar-refractivity contribution >= 4 is 17.0 Å². The van der Waals surface area contributed by atoms with Crippen molar-refractivity contribution in [1.82, 2.24) is 19.6 Å². The van der Waals surface area contributed by atoms with Crippen LogP contribution in [0.5, 0.6) is 0 Å². The minimum Gasteiger partial charge on any atom is -0.443 e. The van der Waals surface area contributed by atoms with Gasteiger partial charge in [0.2, 0.25) is 0 Å². The molecule has 0 atom stereocenters. The largest absolute Gasteiger partial charge is 0.443 e. The van der Waals surface area contributed by atoms with Crippen LogP contribution in [0.25, 0.3) is 28.0 Å². The first kappa shape index (κ1) is 13.9. The molecular formula is C15H10N6O3. The summed E-state index contributed by atoms with van der Waals surface area (Å²) < 4.78 is 7.13. The number of nitrogens with zero attached hydrogens (tertiary/aromatic N) is 5. The molecule has 0 aliphatic rings. The SMILES string of the molecule is Nc1nncn2cc(-c3cnco3)c(-c3ccc([N+](=O)[O-])cc3)c12. The third-order valence-corrected chi connectivity index (χ3v) is 3.68. The molecule has 24 heavy (non-hydrogen) atoms. The monoisotopic (exact) mass is 322 g/mol. The number of hydrogen-bond donors (Lipinski definition) is 1. The summed E-state index contributed by atoms with van der Waals surface area (Å²) in [5.41, 5.74) is 8.87. The Balaban J connectivity index is 2.02. The Hall–Kier alpha value is -3.75. The number of nitrogen functional groups attached to an aromatic ring is 1. The molecule has 118 valence electrons. The van der Waals surface area contributed by atoms with Gasteiger partial charge in [-0.15, -0.1) is 10.2 Å². The number of hydrogen-bond acceptors (Lipinski definition) is 7. The fraction of sp³-hybridized carbons (Fsp3) is 0. The molecule has 1 aromatic carbocycles. The second-order valence-corrected chi connectivity index (χ2v) is 5.06. The van der Waals surface area contributed by atoms with Gasteiger partial charge in [0, 0.05) is 29.5 Å². The lowest BCUT2D eigenvalue weighted by Gasteiger charge is -2.04. The average Bonchev–Trinajstić information content (AvgIpc) is 3.22. The zero-order chi connectivity index (χ0) is 16.7. The van der Waals surface area contributed by atoms with Gasteiger partial charge < -0.3 is 14.6 Å². The highest BCUT2D eigenvalue weighted by molar-refractivity contribution is 5.97. The smallest absolute Gasteiger partial charge is 0.269 e. The number of nitro benzene ring substituents is 1. The van der Waals surface area contributed by atoms with Crippen molar-refractivity contribution in [1.29, 1.82) is 0 Å². The number of oxazole rings is 1. The summed E-state index contributed by atoms with van der Waals surface area (Å²) in [5, 5.41) is 18.6. The van der Waals surface area contributed by atoms with E-state index in [-0.39, 0.29) is 11.5 Å². The van der Waals surface area contributed by atoms with Crippen LogP contribution in [0.2, 0.25) is 0 Å². The number of nitro groups is 1. The average molecular weight is 322 g/mol. The normalized spacial score (nSPS) is 11.0. The molecule has 0 aliphatic heterocycles. The maximum Gasteiger partial charge on any atom is 0.269 e. The summed E-state index contributed by atoms with van der Waals surface area (Å²) in [7, 11) is 0. The van der Waals surface area contributed by atoms with Crippen LogP contribution in [0.4, 0.5) is 11.5 Å². The van der Waals surface area contributed by atoms with Crippen LogP contribution < -0.4 is 5.73 Å². The van der Waals surface area contributed by atoms with E-state index in [2.05, 4.69) is 15.2 Å². The first-order chi connectivity index (χ1) is 11.6. The van der Waals surface area contributed by atoms with Gasteiger partial charge in [-0.05, 0) is 17.7 Å². The highest BCUT2D eigenvalue weighted by atomic mass is 16.6. The molecule has 0 spiro atoms.